The number of hydrogen-bond donors (Lipinski definition) is 2. The van der Waals surface area contributed by atoms with Gasteiger partial charge in [-0.1, -0.05) is 13.3 Å². The number of fused-ring (bicyclic) bond motifs is 1. The van der Waals surface area contributed by atoms with Crippen molar-refractivity contribution in [2.24, 2.45) is 5.92 Å². The maximum atomic E-state index is 12.8. The van der Waals surface area contributed by atoms with Crippen molar-refractivity contribution >= 4 is 35.2 Å². The number of nitrogens with one attached hydrogen (secondary N) is 2. The fourth-order valence-electron chi connectivity index (χ4n) is 4.44. The molecule has 1 saturated carbocycles. The number of esters is 1. The number of thiophene rings is 1. The van der Waals surface area contributed by atoms with Crippen LogP contribution in [-0.4, -0.2) is 41.0 Å². The first kappa shape index (κ1) is 20.8. The summed E-state index contributed by atoms with van der Waals surface area (Å²) in [6.45, 7) is 1.57. The van der Waals surface area contributed by atoms with Gasteiger partial charge in [0, 0.05) is 4.88 Å². The van der Waals surface area contributed by atoms with Crippen LogP contribution in [0.5, 0.6) is 0 Å². The molecule has 0 atom stereocenters. The molecule has 1 saturated heterocycles. The van der Waals surface area contributed by atoms with Crippen molar-refractivity contribution in [2.75, 3.05) is 6.61 Å². The van der Waals surface area contributed by atoms with Crippen molar-refractivity contribution in [3.63, 3.8) is 0 Å². The Morgan fingerprint density at radius 2 is 1.97 bits per heavy atom. The molecule has 2 fully saturated rings. The number of hydrazine groups is 1. The van der Waals surface area contributed by atoms with Crippen molar-refractivity contribution in [3.8, 4) is 0 Å². The highest BCUT2D eigenvalue weighted by atomic mass is 32.1. The van der Waals surface area contributed by atoms with E-state index in [4.69, 9.17) is 4.74 Å². The van der Waals surface area contributed by atoms with Gasteiger partial charge >= 0.3 is 12.0 Å². The van der Waals surface area contributed by atoms with E-state index in [1.54, 1.807) is 0 Å². The molecule has 0 aromatic carbocycles. The normalized spacial score (nSPS) is 26.2. The molecule has 8 nitrogen and oxygen atoms in total. The molecule has 1 aliphatic heterocycles. The Bertz CT molecular complexity index is 848. The highest BCUT2D eigenvalue weighted by molar-refractivity contribution is 7.14. The zero-order chi connectivity index (χ0) is 21.3. The first-order valence-corrected chi connectivity index (χ1v) is 11.4. The Labute approximate surface area is 179 Å². The molecule has 2 aliphatic carbocycles. The third-order valence-electron chi connectivity index (χ3n) is 6.31. The number of imide groups is 1. The van der Waals surface area contributed by atoms with Gasteiger partial charge in [0.2, 0.25) is 0 Å². The summed E-state index contributed by atoms with van der Waals surface area (Å²) in [5.74, 6) is -1.21. The molecule has 162 valence electrons. The maximum Gasteiger partial charge on any atom is 0.348 e. The largest absolute Gasteiger partial charge is 0.451 e. The SMILES string of the molecule is CC1CCC2(CC1)NC(=O)N(NC(=O)COC(=O)c1cc3c(s1)CCCCC3)C2=O. The summed E-state index contributed by atoms with van der Waals surface area (Å²) in [6, 6.07) is 1.22. The van der Waals surface area contributed by atoms with E-state index in [1.165, 1.54) is 28.2 Å². The van der Waals surface area contributed by atoms with Crippen LogP contribution in [0.2, 0.25) is 0 Å². The summed E-state index contributed by atoms with van der Waals surface area (Å²) < 4.78 is 5.12. The van der Waals surface area contributed by atoms with Gasteiger partial charge in [0.1, 0.15) is 10.4 Å². The summed E-state index contributed by atoms with van der Waals surface area (Å²) >= 11 is 1.42. The number of nitrogens with zero attached hydrogens (tertiary/aromatic N) is 1. The van der Waals surface area contributed by atoms with E-state index in [9.17, 15) is 19.2 Å². The number of rotatable bonds is 4. The van der Waals surface area contributed by atoms with Crippen molar-refractivity contribution < 1.29 is 23.9 Å². The molecule has 1 aromatic rings. The lowest BCUT2D eigenvalue weighted by molar-refractivity contribution is -0.141. The lowest BCUT2D eigenvalue weighted by atomic mass is 9.77. The smallest absolute Gasteiger partial charge is 0.348 e. The molecule has 1 aromatic heterocycles. The molecule has 30 heavy (non-hydrogen) atoms. The molecule has 0 unspecified atom stereocenters. The van der Waals surface area contributed by atoms with Gasteiger partial charge in [0.05, 0.1) is 0 Å². The quantitative estimate of drug-likeness (QED) is 0.432. The molecular weight excluding hydrogens is 406 g/mol. The Kier molecular flexibility index (Phi) is 5.81. The summed E-state index contributed by atoms with van der Waals surface area (Å²) in [5, 5.41) is 3.46. The second-order valence-corrected chi connectivity index (χ2v) is 9.70. The van der Waals surface area contributed by atoms with Crippen LogP contribution < -0.4 is 10.7 Å². The lowest BCUT2D eigenvalue weighted by Crippen LogP contribution is -2.52. The number of carbonyl (C=O) groups excluding carboxylic acids is 4. The van der Waals surface area contributed by atoms with E-state index in [1.807, 2.05) is 6.07 Å². The van der Waals surface area contributed by atoms with Crippen LogP contribution in [-0.2, 0) is 27.2 Å². The van der Waals surface area contributed by atoms with Gasteiger partial charge in [-0.05, 0) is 68.9 Å². The minimum atomic E-state index is -0.928. The first-order valence-electron chi connectivity index (χ1n) is 10.6. The molecule has 1 spiro atoms. The third kappa shape index (κ3) is 4.08. The standard InChI is InChI=1S/C21H27N3O5S/c1-13-7-9-21(10-8-13)19(27)24(20(28)22-21)23-17(25)12-29-18(26)16-11-14-5-3-2-4-6-15(14)30-16/h11,13H,2-10,12H2,1H3,(H,22,28)(H,23,25). The molecule has 9 heteroatoms. The van der Waals surface area contributed by atoms with Crippen LogP contribution in [0.4, 0.5) is 4.79 Å². The minimum absolute atomic E-state index is 0.443. The number of hydrogen-bond acceptors (Lipinski definition) is 6. The number of urea groups is 1. The summed E-state index contributed by atoms with van der Waals surface area (Å²) in [4.78, 5) is 51.3. The molecule has 2 heterocycles. The zero-order valence-corrected chi connectivity index (χ0v) is 17.9. The molecule has 2 N–H and O–H groups in total. The van der Waals surface area contributed by atoms with E-state index in [2.05, 4.69) is 17.7 Å². The molecule has 0 bridgehead atoms. The Morgan fingerprint density at radius 1 is 1.23 bits per heavy atom. The Morgan fingerprint density at radius 3 is 2.73 bits per heavy atom. The van der Waals surface area contributed by atoms with E-state index < -0.39 is 36.0 Å². The van der Waals surface area contributed by atoms with Crippen LogP contribution >= 0.6 is 11.3 Å². The number of aryl methyl sites for hydroxylation is 2. The monoisotopic (exact) mass is 433 g/mol. The van der Waals surface area contributed by atoms with Crippen molar-refractivity contribution in [2.45, 2.75) is 70.3 Å². The number of ether oxygens (including phenoxy) is 1. The first-order chi connectivity index (χ1) is 14.4. The molecule has 4 amide bonds. The second-order valence-electron chi connectivity index (χ2n) is 8.57. The average molecular weight is 434 g/mol. The van der Waals surface area contributed by atoms with Gasteiger partial charge in [-0.2, -0.15) is 5.01 Å². The lowest BCUT2D eigenvalue weighted by Gasteiger charge is -2.33. The highest BCUT2D eigenvalue weighted by Gasteiger charge is 2.52. The van der Waals surface area contributed by atoms with E-state index in [0.29, 0.717) is 23.6 Å². The topological polar surface area (TPSA) is 105 Å². The van der Waals surface area contributed by atoms with Gasteiger partial charge in [-0.25, -0.2) is 9.59 Å². The molecule has 3 aliphatic rings. The second kappa shape index (κ2) is 8.37. The number of carbonyl (C=O) groups is 4. The zero-order valence-electron chi connectivity index (χ0n) is 17.1. The molecule has 0 radical (unpaired) electrons. The van der Waals surface area contributed by atoms with E-state index in [-0.39, 0.29) is 0 Å². The fourth-order valence-corrected chi connectivity index (χ4v) is 5.59. The summed E-state index contributed by atoms with van der Waals surface area (Å²) in [7, 11) is 0. The summed E-state index contributed by atoms with van der Waals surface area (Å²) in [6.07, 6.45) is 8.18. The minimum Gasteiger partial charge on any atom is -0.451 e. The Hall–Kier alpha value is -2.42. The summed E-state index contributed by atoms with van der Waals surface area (Å²) in [5.41, 5.74) is 2.55. The van der Waals surface area contributed by atoms with Gasteiger partial charge in [0.15, 0.2) is 6.61 Å². The molecule has 4 rings (SSSR count). The van der Waals surface area contributed by atoms with Crippen molar-refractivity contribution in [3.05, 3.63) is 21.4 Å². The highest BCUT2D eigenvalue weighted by Crippen LogP contribution is 2.35. The van der Waals surface area contributed by atoms with Crippen molar-refractivity contribution in [1.82, 2.24) is 15.8 Å². The van der Waals surface area contributed by atoms with Gasteiger partial charge in [-0.15, -0.1) is 11.3 Å². The number of amides is 4. The predicted octanol–water partition coefficient (Wildman–Crippen LogP) is 2.71. The average Bonchev–Trinajstić information content (AvgIpc) is 3.13. The third-order valence-corrected chi connectivity index (χ3v) is 7.53. The fraction of sp³-hybridized carbons (Fsp3) is 0.619. The van der Waals surface area contributed by atoms with E-state index in [0.717, 1.165) is 43.5 Å². The maximum absolute atomic E-state index is 12.8. The van der Waals surface area contributed by atoms with Crippen molar-refractivity contribution in [1.29, 1.82) is 0 Å². The van der Waals surface area contributed by atoms with Crippen LogP contribution in [0.3, 0.4) is 0 Å². The van der Waals surface area contributed by atoms with E-state index >= 15 is 0 Å². The van der Waals surface area contributed by atoms with Crippen LogP contribution in [0.25, 0.3) is 0 Å². The van der Waals surface area contributed by atoms with Crippen LogP contribution in [0.1, 0.15) is 72.0 Å². The Balaban J connectivity index is 1.31. The van der Waals surface area contributed by atoms with Gasteiger partial charge < -0.3 is 10.1 Å². The van der Waals surface area contributed by atoms with Crippen LogP contribution in [0, 0.1) is 5.92 Å². The molecular formula is C21H27N3O5S. The predicted molar refractivity (Wildman–Crippen MR) is 110 cm³/mol. The van der Waals surface area contributed by atoms with Gasteiger partial charge in [0.25, 0.3) is 11.8 Å². The van der Waals surface area contributed by atoms with Gasteiger partial charge in [-0.3, -0.25) is 15.0 Å². The van der Waals surface area contributed by atoms with Crippen LogP contribution in [0.15, 0.2) is 6.07 Å².